The Kier molecular flexibility index (Phi) is 4.25. The molecule has 0 saturated carbocycles. The van der Waals surface area contributed by atoms with E-state index in [1.807, 2.05) is 0 Å². The highest BCUT2D eigenvalue weighted by atomic mass is 16.5. The van der Waals surface area contributed by atoms with Crippen LogP contribution in [0.2, 0.25) is 0 Å². The monoisotopic (exact) mass is 228 g/mol. The number of amides is 2. The maximum absolute atomic E-state index is 11.2. The van der Waals surface area contributed by atoms with Gasteiger partial charge in [0.25, 0.3) is 0 Å². The van der Waals surface area contributed by atoms with Crippen molar-refractivity contribution in [1.29, 1.82) is 0 Å². The Morgan fingerprint density at radius 2 is 2.38 bits per heavy atom. The largest absolute Gasteiger partial charge is 0.480 e. The number of hydrogen-bond donors (Lipinski definition) is 3. The standard InChI is InChI=1S/C8H12N4O4/c1-2-5(7(13)14)11-8(15)9-3-6-10-4-16-12-6/h4-5H,2-3H2,1H3,(H,13,14)(H2,9,11,15)/t5-/m1/s1. The third kappa shape index (κ3) is 3.56. The van der Waals surface area contributed by atoms with Crippen LogP contribution in [0.4, 0.5) is 4.79 Å². The minimum atomic E-state index is -1.07. The molecule has 0 aromatic carbocycles. The summed E-state index contributed by atoms with van der Waals surface area (Å²) in [5.41, 5.74) is 0. The number of hydrogen-bond acceptors (Lipinski definition) is 5. The second-order valence-corrected chi connectivity index (χ2v) is 2.97. The predicted molar refractivity (Wildman–Crippen MR) is 51.4 cm³/mol. The fraction of sp³-hybridized carbons (Fsp3) is 0.500. The molecule has 8 nitrogen and oxygen atoms in total. The van der Waals surface area contributed by atoms with Crippen molar-refractivity contribution in [2.45, 2.75) is 25.9 Å². The molecule has 1 atom stereocenters. The van der Waals surface area contributed by atoms with E-state index in [1.54, 1.807) is 6.92 Å². The third-order valence-corrected chi connectivity index (χ3v) is 1.83. The van der Waals surface area contributed by atoms with Gasteiger partial charge in [-0.15, -0.1) is 0 Å². The van der Waals surface area contributed by atoms with Crippen LogP contribution >= 0.6 is 0 Å². The van der Waals surface area contributed by atoms with E-state index < -0.39 is 18.0 Å². The van der Waals surface area contributed by atoms with Crippen LogP contribution < -0.4 is 10.6 Å². The van der Waals surface area contributed by atoms with Crippen molar-refractivity contribution in [2.75, 3.05) is 0 Å². The number of urea groups is 1. The first kappa shape index (κ1) is 12.0. The molecule has 1 rings (SSSR count). The van der Waals surface area contributed by atoms with Crippen LogP contribution in [0.3, 0.4) is 0 Å². The average molecular weight is 228 g/mol. The van der Waals surface area contributed by atoms with Crippen LogP contribution in [0, 0.1) is 0 Å². The molecule has 0 unspecified atom stereocenters. The number of rotatable bonds is 5. The van der Waals surface area contributed by atoms with Crippen molar-refractivity contribution in [2.24, 2.45) is 0 Å². The topological polar surface area (TPSA) is 117 Å². The lowest BCUT2D eigenvalue weighted by Crippen LogP contribution is -2.45. The summed E-state index contributed by atoms with van der Waals surface area (Å²) in [4.78, 5) is 25.5. The number of carboxylic acids is 1. The summed E-state index contributed by atoms with van der Waals surface area (Å²) in [5, 5.41) is 16.9. The molecule has 0 radical (unpaired) electrons. The van der Waals surface area contributed by atoms with Crippen molar-refractivity contribution in [3.63, 3.8) is 0 Å². The van der Waals surface area contributed by atoms with Gasteiger partial charge in [-0.2, -0.15) is 4.98 Å². The number of carboxylic acid groups (broad SMARTS) is 1. The Hall–Kier alpha value is -2.12. The lowest BCUT2D eigenvalue weighted by Gasteiger charge is -2.12. The molecule has 88 valence electrons. The number of nitrogens with one attached hydrogen (secondary N) is 2. The SMILES string of the molecule is CC[C@@H](NC(=O)NCc1ncon1)C(=O)O. The molecule has 1 heterocycles. The highest BCUT2D eigenvalue weighted by Crippen LogP contribution is 1.91. The summed E-state index contributed by atoms with van der Waals surface area (Å²) in [6, 6.07) is -1.48. The Morgan fingerprint density at radius 3 is 2.88 bits per heavy atom. The molecule has 0 aliphatic carbocycles. The Labute approximate surface area is 91.0 Å². The van der Waals surface area contributed by atoms with Gasteiger partial charge in [-0.1, -0.05) is 12.1 Å². The van der Waals surface area contributed by atoms with Gasteiger partial charge < -0.3 is 20.3 Å². The van der Waals surface area contributed by atoms with E-state index >= 15 is 0 Å². The minimum absolute atomic E-state index is 0.0817. The first-order valence-electron chi connectivity index (χ1n) is 4.66. The third-order valence-electron chi connectivity index (χ3n) is 1.83. The fourth-order valence-electron chi connectivity index (χ4n) is 0.977. The minimum Gasteiger partial charge on any atom is -0.480 e. The molecule has 0 aliphatic rings. The van der Waals surface area contributed by atoms with Crippen molar-refractivity contribution in [3.8, 4) is 0 Å². The molecular formula is C8H12N4O4. The van der Waals surface area contributed by atoms with Gasteiger partial charge in [-0.25, -0.2) is 9.59 Å². The van der Waals surface area contributed by atoms with Crippen LogP contribution in [0.5, 0.6) is 0 Å². The smallest absolute Gasteiger partial charge is 0.326 e. The summed E-state index contributed by atoms with van der Waals surface area (Å²) < 4.78 is 4.46. The van der Waals surface area contributed by atoms with Gasteiger partial charge in [0.05, 0.1) is 6.54 Å². The van der Waals surface area contributed by atoms with Gasteiger partial charge in [0.15, 0.2) is 5.82 Å². The second kappa shape index (κ2) is 5.69. The summed E-state index contributed by atoms with van der Waals surface area (Å²) in [6.45, 7) is 1.75. The summed E-state index contributed by atoms with van der Waals surface area (Å²) in [5.74, 6) is -0.754. The van der Waals surface area contributed by atoms with E-state index in [9.17, 15) is 9.59 Å². The Morgan fingerprint density at radius 1 is 1.62 bits per heavy atom. The van der Waals surface area contributed by atoms with Gasteiger partial charge in [0.1, 0.15) is 6.04 Å². The quantitative estimate of drug-likeness (QED) is 0.638. The molecule has 1 aromatic rings. The van der Waals surface area contributed by atoms with Crippen LogP contribution in [0.25, 0.3) is 0 Å². The molecular weight excluding hydrogens is 216 g/mol. The van der Waals surface area contributed by atoms with E-state index in [2.05, 4.69) is 25.3 Å². The summed E-state index contributed by atoms with van der Waals surface area (Å²) >= 11 is 0. The maximum Gasteiger partial charge on any atom is 0.326 e. The average Bonchev–Trinajstić information content (AvgIpc) is 2.75. The van der Waals surface area contributed by atoms with Crippen LogP contribution in [0.1, 0.15) is 19.2 Å². The number of carbonyl (C=O) groups is 2. The fourth-order valence-corrected chi connectivity index (χ4v) is 0.977. The zero-order valence-corrected chi connectivity index (χ0v) is 8.64. The van der Waals surface area contributed by atoms with Crippen molar-refractivity contribution >= 4 is 12.0 Å². The van der Waals surface area contributed by atoms with Crippen molar-refractivity contribution in [3.05, 3.63) is 12.2 Å². The Balaban J connectivity index is 2.33. The maximum atomic E-state index is 11.2. The second-order valence-electron chi connectivity index (χ2n) is 2.97. The summed E-state index contributed by atoms with van der Waals surface area (Å²) in [7, 11) is 0. The van der Waals surface area contributed by atoms with Gasteiger partial charge in [-0.3, -0.25) is 0 Å². The van der Waals surface area contributed by atoms with Gasteiger partial charge in [0.2, 0.25) is 6.39 Å². The van der Waals surface area contributed by atoms with Crippen LogP contribution in [0.15, 0.2) is 10.9 Å². The molecule has 0 spiro atoms. The van der Waals surface area contributed by atoms with Crippen LogP contribution in [-0.2, 0) is 11.3 Å². The highest BCUT2D eigenvalue weighted by Gasteiger charge is 2.17. The molecule has 1 aromatic heterocycles. The molecule has 3 N–H and O–H groups in total. The number of nitrogens with zero attached hydrogens (tertiary/aromatic N) is 2. The zero-order chi connectivity index (χ0) is 12.0. The molecule has 16 heavy (non-hydrogen) atoms. The molecule has 0 saturated heterocycles. The number of aliphatic carboxylic acids is 1. The number of carbonyl (C=O) groups excluding carboxylic acids is 1. The van der Waals surface area contributed by atoms with E-state index in [0.29, 0.717) is 12.2 Å². The highest BCUT2D eigenvalue weighted by molar-refractivity contribution is 5.82. The van der Waals surface area contributed by atoms with E-state index in [1.165, 1.54) is 0 Å². The molecule has 0 aliphatic heterocycles. The molecule has 8 heteroatoms. The van der Waals surface area contributed by atoms with E-state index in [0.717, 1.165) is 6.39 Å². The molecule has 0 bridgehead atoms. The molecule has 2 amide bonds. The Bertz CT molecular complexity index is 351. The predicted octanol–water partition coefficient (Wildman–Crippen LogP) is -0.268. The van der Waals surface area contributed by atoms with Crippen molar-refractivity contribution in [1.82, 2.24) is 20.8 Å². The van der Waals surface area contributed by atoms with Crippen molar-refractivity contribution < 1.29 is 19.2 Å². The lowest BCUT2D eigenvalue weighted by atomic mass is 10.2. The first-order valence-corrected chi connectivity index (χ1v) is 4.66. The zero-order valence-electron chi connectivity index (χ0n) is 8.64. The molecule has 0 fully saturated rings. The summed E-state index contributed by atoms with van der Waals surface area (Å²) in [6.07, 6.45) is 1.45. The van der Waals surface area contributed by atoms with Gasteiger partial charge in [0, 0.05) is 0 Å². The first-order chi connectivity index (χ1) is 7.63. The van der Waals surface area contributed by atoms with Gasteiger partial charge >= 0.3 is 12.0 Å². The lowest BCUT2D eigenvalue weighted by molar-refractivity contribution is -0.139. The normalized spacial score (nSPS) is 11.8. The van der Waals surface area contributed by atoms with E-state index in [4.69, 9.17) is 5.11 Å². The van der Waals surface area contributed by atoms with Crippen LogP contribution in [-0.4, -0.2) is 33.3 Å². The number of aromatic nitrogens is 2. The van der Waals surface area contributed by atoms with E-state index in [-0.39, 0.29) is 6.54 Å². The van der Waals surface area contributed by atoms with Gasteiger partial charge in [-0.05, 0) is 6.42 Å².